The Hall–Kier alpha value is -2.65. The van der Waals surface area contributed by atoms with E-state index in [0.717, 1.165) is 47.1 Å². The average molecular weight is 441 g/mol. The minimum Gasteiger partial charge on any atom is -0.378 e. The van der Waals surface area contributed by atoms with E-state index in [1.54, 1.807) is 0 Å². The number of thioether (sulfide) groups is 1. The molecule has 1 aromatic carbocycles. The molecular formula is C22H28N6O2S. The Balaban J connectivity index is 1.48. The van der Waals surface area contributed by atoms with Crippen molar-refractivity contribution in [2.24, 2.45) is 0 Å². The van der Waals surface area contributed by atoms with Gasteiger partial charge in [-0.3, -0.25) is 4.79 Å². The summed E-state index contributed by atoms with van der Waals surface area (Å²) in [5, 5.41) is 9.26. The summed E-state index contributed by atoms with van der Waals surface area (Å²) < 4.78 is 7.33. The van der Waals surface area contributed by atoms with E-state index in [1.165, 1.54) is 11.8 Å². The molecule has 9 heteroatoms. The fourth-order valence-corrected chi connectivity index (χ4v) is 4.21. The quantitative estimate of drug-likeness (QED) is 0.426. The van der Waals surface area contributed by atoms with Crippen molar-refractivity contribution in [2.75, 3.05) is 44.0 Å². The SMILES string of the molecule is CCC(C(=O)NCCn1ncc2c(N3CCOCC3)nc(SC)nc21)c1ccccc1. The van der Waals surface area contributed by atoms with Gasteiger partial charge in [-0.15, -0.1) is 0 Å². The van der Waals surface area contributed by atoms with Gasteiger partial charge in [-0.25, -0.2) is 14.6 Å². The third-order valence-corrected chi connectivity index (χ3v) is 6.05. The first-order chi connectivity index (χ1) is 15.2. The minimum absolute atomic E-state index is 0.0404. The summed E-state index contributed by atoms with van der Waals surface area (Å²) in [5.41, 5.74) is 1.84. The smallest absolute Gasteiger partial charge is 0.227 e. The lowest BCUT2D eigenvalue weighted by atomic mass is 9.96. The van der Waals surface area contributed by atoms with E-state index in [9.17, 15) is 4.79 Å². The van der Waals surface area contributed by atoms with Crippen LogP contribution in [-0.2, 0) is 16.1 Å². The second-order valence-corrected chi connectivity index (χ2v) is 8.17. The maximum atomic E-state index is 12.7. The van der Waals surface area contributed by atoms with Crippen molar-refractivity contribution in [3.05, 3.63) is 42.1 Å². The maximum absolute atomic E-state index is 12.7. The van der Waals surface area contributed by atoms with Crippen LogP contribution in [-0.4, -0.2) is 64.8 Å². The lowest BCUT2D eigenvalue weighted by Gasteiger charge is -2.28. The molecule has 1 aliphatic rings. The van der Waals surface area contributed by atoms with E-state index in [0.29, 0.717) is 26.3 Å². The number of hydrogen-bond donors (Lipinski definition) is 1. The molecule has 3 heterocycles. The molecule has 4 rings (SSSR count). The molecule has 2 aromatic heterocycles. The first kappa shape index (κ1) is 21.6. The monoisotopic (exact) mass is 440 g/mol. The van der Waals surface area contributed by atoms with Gasteiger partial charge in [0.1, 0.15) is 5.82 Å². The number of rotatable bonds is 8. The van der Waals surface area contributed by atoms with Crippen molar-refractivity contribution in [2.45, 2.75) is 31.0 Å². The second kappa shape index (κ2) is 10.1. The number of ether oxygens (including phenoxy) is 1. The fourth-order valence-electron chi connectivity index (χ4n) is 3.86. The van der Waals surface area contributed by atoms with Crippen molar-refractivity contribution in [1.29, 1.82) is 0 Å². The summed E-state index contributed by atoms with van der Waals surface area (Å²) in [4.78, 5) is 24.4. The van der Waals surface area contributed by atoms with E-state index < -0.39 is 0 Å². The van der Waals surface area contributed by atoms with Gasteiger partial charge >= 0.3 is 0 Å². The van der Waals surface area contributed by atoms with E-state index in [2.05, 4.69) is 20.3 Å². The number of nitrogens with one attached hydrogen (secondary N) is 1. The molecule has 0 saturated carbocycles. The number of carbonyl (C=O) groups is 1. The number of hydrogen-bond acceptors (Lipinski definition) is 7. The van der Waals surface area contributed by atoms with Crippen LogP contribution in [0.25, 0.3) is 11.0 Å². The van der Waals surface area contributed by atoms with Gasteiger partial charge in [0.2, 0.25) is 5.91 Å². The largest absolute Gasteiger partial charge is 0.378 e. The van der Waals surface area contributed by atoms with Crippen molar-refractivity contribution in [3.63, 3.8) is 0 Å². The lowest BCUT2D eigenvalue weighted by Crippen LogP contribution is -2.37. The van der Waals surface area contributed by atoms with Crippen LogP contribution in [0, 0.1) is 0 Å². The second-order valence-electron chi connectivity index (χ2n) is 7.40. The predicted molar refractivity (Wildman–Crippen MR) is 123 cm³/mol. The zero-order chi connectivity index (χ0) is 21.6. The fraction of sp³-hybridized carbons (Fsp3) is 0.455. The first-order valence-electron chi connectivity index (χ1n) is 10.6. The number of amides is 1. The molecule has 1 unspecified atom stereocenters. The van der Waals surface area contributed by atoms with Crippen LogP contribution in [0.4, 0.5) is 5.82 Å². The molecular weight excluding hydrogens is 412 g/mol. The molecule has 0 spiro atoms. The number of aromatic nitrogens is 4. The molecule has 1 saturated heterocycles. The lowest BCUT2D eigenvalue weighted by molar-refractivity contribution is -0.122. The molecule has 1 atom stereocenters. The number of fused-ring (bicyclic) bond motifs is 1. The molecule has 31 heavy (non-hydrogen) atoms. The van der Waals surface area contributed by atoms with Crippen LogP contribution in [0.1, 0.15) is 24.8 Å². The van der Waals surface area contributed by atoms with Crippen LogP contribution in [0.5, 0.6) is 0 Å². The van der Waals surface area contributed by atoms with Crippen LogP contribution in [0.2, 0.25) is 0 Å². The predicted octanol–water partition coefficient (Wildman–Crippen LogP) is 2.69. The molecule has 0 aliphatic carbocycles. The maximum Gasteiger partial charge on any atom is 0.227 e. The Morgan fingerprint density at radius 3 is 2.71 bits per heavy atom. The highest BCUT2D eigenvalue weighted by molar-refractivity contribution is 7.98. The third-order valence-electron chi connectivity index (χ3n) is 5.50. The number of carbonyl (C=O) groups excluding carboxylic acids is 1. The topological polar surface area (TPSA) is 85.2 Å². The summed E-state index contributed by atoms with van der Waals surface area (Å²) in [5.74, 6) is 0.801. The summed E-state index contributed by atoms with van der Waals surface area (Å²) >= 11 is 1.52. The highest BCUT2D eigenvalue weighted by Gasteiger charge is 2.21. The minimum atomic E-state index is -0.145. The highest BCUT2D eigenvalue weighted by Crippen LogP contribution is 2.27. The van der Waals surface area contributed by atoms with Gasteiger partial charge in [-0.1, -0.05) is 49.0 Å². The Labute approximate surface area is 186 Å². The summed E-state index contributed by atoms with van der Waals surface area (Å²) in [7, 11) is 0. The van der Waals surface area contributed by atoms with Crippen molar-refractivity contribution < 1.29 is 9.53 Å². The molecule has 1 fully saturated rings. The standard InChI is InChI=1S/C22H28N6O2S/c1-3-17(16-7-5-4-6-8-16)21(29)23-9-10-28-20-18(15-24-28)19(25-22(26-20)31-2)27-11-13-30-14-12-27/h4-8,15,17H,3,9-14H2,1-2H3,(H,23,29). The van der Waals surface area contributed by atoms with Gasteiger partial charge in [-0.2, -0.15) is 5.10 Å². The number of benzene rings is 1. The zero-order valence-electron chi connectivity index (χ0n) is 18.0. The van der Waals surface area contributed by atoms with E-state index in [-0.39, 0.29) is 11.8 Å². The normalized spacial score (nSPS) is 15.2. The Morgan fingerprint density at radius 1 is 1.23 bits per heavy atom. The Bertz CT molecular complexity index is 1020. The zero-order valence-corrected chi connectivity index (χ0v) is 18.8. The Kier molecular flexibility index (Phi) is 7.03. The summed E-state index contributed by atoms with van der Waals surface area (Å²) in [6.45, 7) is 6.07. The van der Waals surface area contributed by atoms with Crippen LogP contribution < -0.4 is 10.2 Å². The van der Waals surface area contributed by atoms with Crippen LogP contribution in [0.3, 0.4) is 0 Å². The molecule has 0 radical (unpaired) electrons. The van der Waals surface area contributed by atoms with Gasteiger partial charge < -0.3 is 15.0 Å². The van der Waals surface area contributed by atoms with Crippen LogP contribution in [0.15, 0.2) is 41.7 Å². The summed E-state index contributed by atoms with van der Waals surface area (Å²) in [6.07, 6.45) is 4.55. The van der Waals surface area contributed by atoms with Crippen LogP contribution >= 0.6 is 11.8 Å². The van der Waals surface area contributed by atoms with Crippen molar-refractivity contribution in [3.8, 4) is 0 Å². The highest BCUT2D eigenvalue weighted by atomic mass is 32.2. The molecule has 1 amide bonds. The number of nitrogens with zero attached hydrogens (tertiary/aromatic N) is 5. The third kappa shape index (κ3) is 4.83. The molecule has 1 aliphatic heterocycles. The number of morpholine rings is 1. The van der Waals surface area contributed by atoms with E-state index >= 15 is 0 Å². The molecule has 8 nitrogen and oxygen atoms in total. The summed E-state index contributed by atoms with van der Waals surface area (Å²) in [6, 6.07) is 9.91. The average Bonchev–Trinajstić information content (AvgIpc) is 3.23. The molecule has 1 N–H and O–H groups in total. The van der Waals surface area contributed by atoms with E-state index in [4.69, 9.17) is 9.72 Å². The van der Waals surface area contributed by atoms with Gasteiger partial charge in [0.25, 0.3) is 0 Å². The van der Waals surface area contributed by atoms with Gasteiger partial charge in [0.05, 0.1) is 37.3 Å². The molecule has 0 bridgehead atoms. The molecule has 164 valence electrons. The first-order valence-corrected chi connectivity index (χ1v) is 11.9. The van der Waals surface area contributed by atoms with Gasteiger partial charge in [0.15, 0.2) is 10.8 Å². The van der Waals surface area contributed by atoms with Crippen molar-refractivity contribution in [1.82, 2.24) is 25.1 Å². The van der Waals surface area contributed by atoms with Gasteiger partial charge in [0, 0.05) is 19.6 Å². The van der Waals surface area contributed by atoms with Gasteiger partial charge in [-0.05, 0) is 18.2 Å². The van der Waals surface area contributed by atoms with Crippen molar-refractivity contribution >= 4 is 34.5 Å². The Morgan fingerprint density at radius 2 is 2.00 bits per heavy atom. The molecule has 3 aromatic rings. The van der Waals surface area contributed by atoms with E-state index in [1.807, 2.05) is 54.4 Å². The number of anilines is 1.